The second kappa shape index (κ2) is 4.42. The number of aliphatic hydroxyl groups excluding tert-OH is 1. The summed E-state index contributed by atoms with van der Waals surface area (Å²) in [6, 6.07) is 4.90. The van der Waals surface area contributed by atoms with Gasteiger partial charge in [0.2, 0.25) is 0 Å². The fourth-order valence-corrected chi connectivity index (χ4v) is 0.854. The molecular formula is C8H11N3O2. The second-order valence-corrected chi connectivity index (χ2v) is 2.42. The number of primary amides is 1. The quantitative estimate of drug-likeness (QED) is 0.589. The molecule has 0 aliphatic heterocycles. The summed E-state index contributed by atoms with van der Waals surface area (Å²) in [5, 5.41) is 11.3. The van der Waals surface area contributed by atoms with Crippen LogP contribution in [0.25, 0.3) is 0 Å². The van der Waals surface area contributed by atoms with Crippen LogP contribution in [0.4, 0.5) is 5.82 Å². The smallest absolute Gasteiger partial charge is 0.267 e. The molecule has 0 bridgehead atoms. The number of carbonyl (C=O) groups is 1. The van der Waals surface area contributed by atoms with E-state index in [1.54, 1.807) is 12.1 Å². The maximum Gasteiger partial charge on any atom is 0.267 e. The van der Waals surface area contributed by atoms with Crippen molar-refractivity contribution in [1.29, 1.82) is 0 Å². The lowest BCUT2D eigenvalue weighted by atomic mass is 10.3. The Balaban J connectivity index is 2.73. The Hall–Kier alpha value is -1.62. The number of amides is 1. The number of nitrogens with zero attached hydrogens (tertiary/aromatic N) is 1. The van der Waals surface area contributed by atoms with Gasteiger partial charge in [0.15, 0.2) is 0 Å². The standard InChI is InChI=1S/C8H11N3O2/c9-8(13)6-2-1-3-7(11-6)10-4-5-12/h1-3,12H,4-5H2,(H2,9,13)(H,10,11). The van der Waals surface area contributed by atoms with Crippen LogP contribution in [0.5, 0.6) is 0 Å². The number of aromatic nitrogens is 1. The molecule has 0 aromatic carbocycles. The topological polar surface area (TPSA) is 88.2 Å². The van der Waals surface area contributed by atoms with Crippen molar-refractivity contribution in [1.82, 2.24) is 4.98 Å². The molecule has 0 spiro atoms. The highest BCUT2D eigenvalue weighted by Crippen LogP contribution is 2.03. The lowest BCUT2D eigenvalue weighted by Crippen LogP contribution is -2.14. The molecule has 0 aliphatic carbocycles. The molecule has 1 aromatic heterocycles. The number of rotatable bonds is 4. The summed E-state index contributed by atoms with van der Waals surface area (Å²) in [7, 11) is 0. The first kappa shape index (κ1) is 9.47. The van der Waals surface area contributed by atoms with Crippen molar-refractivity contribution in [3.63, 3.8) is 0 Å². The molecule has 0 atom stereocenters. The Morgan fingerprint density at radius 2 is 2.38 bits per heavy atom. The van der Waals surface area contributed by atoms with E-state index in [2.05, 4.69) is 10.3 Å². The van der Waals surface area contributed by atoms with Crippen LogP contribution in [0.3, 0.4) is 0 Å². The van der Waals surface area contributed by atoms with E-state index in [0.29, 0.717) is 12.4 Å². The predicted octanol–water partition coefficient (Wildman–Crippen LogP) is -0.415. The highest BCUT2D eigenvalue weighted by molar-refractivity contribution is 5.91. The molecule has 0 fully saturated rings. The van der Waals surface area contributed by atoms with Crippen molar-refractivity contribution in [3.8, 4) is 0 Å². The molecule has 5 nitrogen and oxygen atoms in total. The zero-order valence-electron chi connectivity index (χ0n) is 7.03. The van der Waals surface area contributed by atoms with Crippen LogP contribution in [0.15, 0.2) is 18.2 Å². The van der Waals surface area contributed by atoms with Gasteiger partial charge in [-0.25, -0.2) is 4.98 Å². The van der Waals surface area contributed by atoms with Crippen LogP contribution < -0.4 is 11.1 Å². The summed E-state index contributed by atoms with van der Waals surface area (Å²) in [4.78, 5) is 14.6. The van der Waals surface area contributed by atoms with Crippen molar-refractivity contribution in [3.05, 3.63) is 23.9 Å². The maximum atomic E-state index is 10.7. The largest absolute Gasteiger partial charge is 0.395 e. The first-order valence-electron chi connectivity index (χ1n) is 3.85. The van der Waals surface area contributed by atoms with E-state index < -0.39 is 5.91 Å². The van der Waals surface area contributed by atoms with Crippen LogP contribution in [0, 0.1) is 0 Å². The number of hydrogen-bond acceptors (Lipinski definition) is 4. The van der Waals surface area contributed by atoms with Crippen molar-refractivity contribution in [2.75, 3.05) is 18.5 Å². The predicted molar refractivity (Wildman–Crippen MR) is 48.3 cm³/mol. The summed E-state index contributed by atoms with van der Waals surface area (Å²) < 4.78 is 0. The van der Waals surface area contributed by atoms with Gasteiger partial charge in [-0.15, -0.1) is 0 Å². The van der Waals surface area contributed by atoms with Crippen molar-refractivity contribution < 1.29 is 9.90 Å². The van der Waals surface area contributed by atoms with E-state index in [-0.39, 0.29) is 12.3 Å². The van der Waals surface area contributed by atoms with Gasteiger partial charge in [-0.3, -0.25) is 4.79 Å². The van der Waals surface area contributed by atoms with Crippen molar-refractivity contribution in [2.45, 2.75) is 0 Å². The molecular weight excluding hydrogens is 170 g/mol. The third-order valence-electron chi connectivity index (χ3n) is 1.42. The lowest BCUT2D eigenvalue weighted by Gasteiger charge is -2.03. The number of anilines is 1. The van der Waals surface area contributed by atoms with Crippen LogP contribution in [-0.4, -0.2) is 29.1 Å². The third kappa shape index (κ3) is 2.72. The lowest BCUT2D eigenvalue weighted by molar-refractivity contribution is 0.0995. The zero-order chi connectivity index (χ0) is 9.68. The van der Waals surface area contributed by atoms with E-state index in [4.69, 9.17) is 10.8 Å². The van der Waals surface area contributed by atoms with Gasteiger partial charge in [-0.1, -0.05) is 6.07 Å². The monoisotopic (exact) mass is 181 g/mol. The minimum Gasteiger partial charge on any atom is -0.395 e. The number of nitrogens with two attached hydrogens (primary N) is 1. The van der Waals surface area contributed by atoms with E-state index in [1.165, 1.54) is 6.07 Å². The van der Waals surface area contributed by atoms with E-state index in [9.17, 15) is 4.79 Å². The average Bonchev–Trinajstić information content (AvgIpc) is 2.15. The van der Waals surface area contributed by atoms with E-state index >= 15 is 0 Å². The molecule has 1 heterocycles. The molecule has 0 saturated carbocycles. The van der Waals surface area contributed by atoms with Gasteiger partial charge in [-0.05, 0) is 12.1 Å². The first-order chi connectivity index (χ1) is 6.24. The fraction of sp³-hybridized carbons (Fsp3) is 0.250. The first-order valence-corrected chi connectivity index (χ1v) is 3.85. The number of nitrogens with one attached hydrogen (secondary N) is 1. The molecule has 0 unspecified atom stereocenters. The molecule has 70 valence electrons. The van der Waals surface area contributed by atoms with Crippen LogP contribution in [0.2, 0.25) is 0 Å². The third-order valence-corrected chi connectivity index (χ3v) is 1.42. The minimum atomic E-state index is -0.562. The van der Waals surface area contributed by atoms with E-state index in [0.717, 1.165) is 0 Å². The van der Waals surface area contributed by atoms with E-state index in [1.807, 2.05) is 0 Å². The normalized spacial score (nSPS) is 9.62. The van der Waals surface area contributed by atoms with Crippen LogP contribution in [0.1, 0.15) is 10.5 Å². The number of pyridine rings is 1. The Morgan fingerprint density at radius 1 is 1.62 bits per heavy atom. The summed E-state index contributed by atoms with van der Waals surface area (Å²) >= 11 is 0. The van der Waals surface area contributed by atoms with Gasteiger partial charge in [0.25, 0.3) is 5.91 Å². The zero-order valence-corrected chi connectivity index (χ0v) is 7.03. The molecule has 0 radical (unpaired) electrons. The Labute approximate surface area is 75.6 Å². The summed E-state index contributed by atoms with van der Waals surface area (Å²) in [5.41, 5.74) is 5.24. The Kier molecular flexibility index (Phi) is 3.22. The summed E-state index contributed by atoms with van der Waals surface area (Å²) in [6.45, 7) is 0.414. The van der Waals surface area contributed by atoms with Gasteiger partial charge < -0.3 is 16.2 Å². The fourth-order valence-electron chi connectivity index (χ4n) is 0.854. The van der Waals surface area contributed by atoms with Crippen molar-refractivity contribution in [2.24, 2.45) is 5.73 Å². The molecule has 0 saturated heterocycles. The number of aliphatic hydroxyl groups is 1. The van der Waals surface area contributed by atoms with Crippen molar-refractivity contribution >= 4 is 11.7 Å². The molecule has 1 rings (SSSR count). The van der Waals surface area contributed by atoms with Crippen LogP contribution >= 0.6 is 0 Å². The molecule has 5 heteroatoms. The van der Waals surface area contributed by atoms with Gasteiger partial charge in [0.05, 0.1) is 6.61 Å². The SMILES string of the molecule is NC(=O)c1cccc(NCCO)n1. The molecule has 0 aliphatic rings. The molecule has 13 heavy (non-hydrogen) atoms. The summed E-state index contributed by atoms with van der Waals surface area (Å²) in [5.74, 6) is -0.0296. The van der Waals surface area contributed by atoms with Gasteiger partial charge >= 0.3 is 0 Å². The Morgan fingerprint density at radius 3 is 3.00 bits per heavy atom. The number of carbonyl (C=O) groups excluding carboxylic acids is 1. The minimum absolute atomic E-state index is 0.0163. The van der Waals surface area contributed by atoms with Crippen LogP contribution in [-0.2, 0) is 0 Å². The molecule has 4 N–H and O–H groups in total. The highest BCUT2D eigenvalue weighted by Gasteiger charge is 2.01. The molecule has 1 aromatic rings. The number of hydrogen-bond donors (Lipinski definition) is 3. The highest BCUT2D eigenvalue weighted by atomic mass is 16.3. The van der Waals surface area contributed by atoms with Gasteiger partial charge in [0.1, 0.15) is 11.5 Å². The second-order valence-electron chi connectivity index (χ2n) is 2.42. The summed E-state index contributed by atoms with van der Waals surface area (Å²) in [6.07, 6.45) is 0. The molecule has 1 amide bonds. The maximum absolute atomic E-state index is 10.7. The average molecular weight is 181 g/mol. The van der Waals surface area contributed by atoms with Gasteiger partial charge in [0, 0.05) is 6.54 Å². The Bertz CT molecular complexity index is 301. The van der Waals surface area contributed by atoms with Gasteiger partial charge in [-0.2, -0.15) is 0 Å².